The van der Waals surface area contributed by atoms with Crippen molar-refractivity contribution in [3.8, 4) is 11.5 Å². The van der Waals surface area contributed by atoms with Gasteiger partial charge >= 0.3 is 0 Å². The summed E-state index contributed by atoms with van der Waals surface area (Å²) in [6.07, 6.45) is 3.92. The van der Waals surface area contributed by atoms with Gasteiger partial charge < -0.3 is 19.4 Å². The van der Waals surface area contributed by atoms with Crippen molar-refractivity contribution in [1.29, 1.82) is 0 Å². The van der Waals surface area contributed by atoms with E-state index in [0.717, 1.165) is 22.4 Å². The maximum absolute atomic E-state index is 12.2. The highest BCUT2D eigenvalue weighted by atomic mass is 16.5. The number of ether oxygens (including phenoxy) is 2. The van der Waals surface area contributed by atoms with Crippen molar-refractivity contribution in [3.05, 3.63) is 59.9 Å². The second-order valence-corrected chi connectivity index (χ2v) is 6.05. The molecule has 3 aromatic rings. The normalized spacial score (nSPS) is 11.1. The number of benzene rings is 2. The molecule has 1 heterocycles. The van der Waals surface area contributed by atoms with E-state index in [1.54, 1.807) is 13.2 Å². The molecule has 0 spiro atoms. The van der Waals surface area contributed by atoms with Gasteiger partial charge in [-0.1, -0.05) is 30.4 Å². The van der Waals surface area contributed by atoms with Gasteiger partial charge in [-0.25, -0.2) is 4.98 Å². The van der Waals surface area contributed by atoms with Crippen molar-refractivity contribution in [2.75, 3.05) is 13.7 Å². The zero-order valence-electron chi connectivity index (χ0n) is 15.7. The highest BCUT2D eigenvalue weighted by molar-refractivity contribution is 5.78. The predicted octanol–water partition coefficient (Wildman–Crippen LogP) is 3.31. The first kappa shape index (κ1) is 18.5. The molecule has 27 heavy (non-hydrogen) atoms. The molecule has 6 nitrogen and oxygen atoms in total. The van der Waals surface area contributed by atoms with Gasteiger partial charge in [-0.3, -0.25) is 4.79 Å². The van der Waals surface area contributed by atoms with Gasteiger partial charge in [0.25, 0.3) is 5.91 Å². The van der Waals surface area contributed by atoms with Crippen LogP contribution in [0.25, 0.3) is 17.1 Å². The predicted molar refractivity (Wildman–Crippen MR) is 106 cm³/mol. The summed E-state index contributed by atoms with van der Waals surface area (Å²) in [5.74, 6) is 1.69. The van der Waals surface area contributed by atoms with E-state index in [2.05, 4.69) is 10.3 Å². The van der Waals surface area contributed by atoms with Crippen LogP contribution in [0.3, 0.4) is 0 Å². The first-order valence-corrected chi connectivity index (χ1v) is 8.73. The lowest BCUT2D eigenvalue weighted by molar-refractivity contribution is -0.123. The fourth-order valence-electron chi connectivity index (χ4n) is 2.83. The van der Waals surface area contributed by atoms with Gasteiger partial charge in [-0.15, -0.1) is 0 Å². The average Bonchev–Trinajstić information content (AvgIpc) is 3.01. The minimum absolute atomic E-state index is 0.0940. The summed E-state index contributed by atoms with van der Waals surface area (Å²) in [4.78, 5) is 16.7. The lowest BCUT2D eigenvalue weighted by Crippen LogP contribution is -2.29. The molecule has 0 aliphatic rings. The van der Waals surface area contributed by atoms with Crippen LogP contribution in [0.15, 0.2) is 48.5 Å². The number of nitrogens with one attached hydrogen (secondary N) is 1. The molecule has 0 radical (unpaired) electrons. The molecule has 0 aliphatic heterocycles. The number of para-hydroxylation sites is 2. The molecule has 0 fully saturated rings. The molecule has 2 aromatic carbocycles. The molecular formula is C21H23N3O3. The van der Waals surface area contributed by atoms with Crippen molar-refractivity contribution in [2.45, 2.75) is 13.5 Å². The van der Waals surface area contributed by atoms with Crippen LogP contribution in [0.1, 0.15) is 18.3 Å². The Morgan fingerprint density at radius 1 is 1.22 bits per heavy atom. The standard InChI is InChI=1S/C21H23N3O3/c1-4-7-15-10-11-18(19(12-15)26-3)27-14-21(25)22-13-20-23-16-8-5-6-9-17(16)24(20)2/h4-12H,13-14H2,1-3H3,(H,22,25)/b7-4+. The molecule has 0 aliphatic carbocycles. The van der Waals surface area contributed by atoms with Crippen molar-refractivity contribution >= 4 is 23.0 Å². The van der Waals surface area contributed by atoms with Crippen molar-refractivity contribution < 1.29 is 14.3 Å². The zero-order chi connectivity index (χ0) is 19.2. The van der Waals surface area contributed by atoms with Crippen LogP contribution in [-0.2, 0) is 18.4 Å². The molecule has 1 amide bonds. The second kappa shape index (κ2) is 8.40. The number of allylic oxidation sites excluding steroid dienone is 1. The number of rotatable bonds is 7. The van der Waals surface area contributed by atoms with Crippen LogP contribution in [-0.4, -0.2) is 29.2 Å². The molecule has 0 saturated carbocycles. The number of hydrogen-bond acceptors (Lipinski definition) is 4. The quantitative estimate of drug-likeness (QED) is 0.698. The molecule has 140 valence electrons. The van der Waals surface area contributed by atoms with Gasteiger partial charge in [0, 0.05) is 7.05 Å². The lowest BCUT2D eigenvalue weighted by atomic mass is 10.2. The second-order valence-electron chi connectivity index (χ2n) is 6.05. The van der Waals surface area contributed by atoms with E-state index < -0.39 is 0 Å². The number of aryl methyl sites for hydroxylation is 1. The SMILES string of the molecule is C/C=C/c1ccc(OCC(=O)NCc2nc3ccccc3n2C)c(OC)c1. The monoisotopic (exact) mass is 365 g/mol. The van der Waals surface area contributed by atoms with Crippen LogP contribution < -0.4 is 14.8 Å². The average molecular weight is 365 g/mol. The van der Waals surface area contributed by atoms with Gasteiger partial charge in [-0.2, -0.15) is 0 Å². The summed E-state index contributed by atoms with van der Waals surface area (Å²) < 4.78 is 12.9. The molecule has 3 rings (SSSR count). The maximum atomic E-state index is 12.2. The molecule has 0 bridgehead atoms. The van der Waals surface area contributed by atoms with Crippen molar-refractivity contribution in [2.24, 2.45) is 7.05 Å². The molecule has 0 saturated heterocycles. The Morgan fingerprint density at radius 2 is 2.04 bits per heavy atom. The highest BCUT2D eigenvalue weighted by Gasteiger charge is 2.11. The highest BCUT2D eigenvalue weighted by Crippen LogP contribution is 2.28. The minimum Gasteiger partial charge on any atom is -0.493 e. The number of hydrogen-bond donors (Lipinski definition) is 1. The number of imidazole rings is 1. The van der Waals surface area contributed by atoms with Crippen molar-refractivity contribution in [3.63, 3.8) is 0 Å². The van der Waals surface area contributed by atoms with E-state index in [0.29, 0.717) is 18.0 Å². The third-order valence-electron chi connectivity index (χ3n) is 4.23. The van der Waals surface area contributed by atoms with E-state index >= 15 is 0 Å². The Kier molecular flexibility index (Phi) is 5.76. The van der Waals surface area contributed by atoms with Crippen LogP contribution in [0.2, 0.25) is 0 Å². The Labute approximate surface area is 158 Å². The van der Waals surface area contributed by atoms with Crippen LogP contribution >= 0.6 is 0 Å². The van der Waals surface area contributed by atoms with Crippen molar-refractivity contribution in [1.82, 2.24) is 14.9 Å². The maximum Gasteiger partial charge on any atom is 0.258 e. The van der Waals surface area contributed by atoms with E-state index in [9.17, 15) is 4.79 Å². The lowest BCUT2D eigenvalue weighted by Gasteiger charge is -2.11. The van der Waals surface area contributed by atoms with Gasteiger partial charge in [0.15, 0.2) is 18.1 Å². The molecular weight excluding hydrogens is 342 g/mol. The Hall–Kier alpha value is -3.28. The van der Waals surface area contributed by atoms with E-state index in [1.807, 2.05) is 67.1 Å². The fourth-order valence-corrected chi connectivity index (χ4v) is 2.83. The Bertz CT molecular complexity index is 976. The van der Waals surface area contributed by atoms with E-state index in [4.69, 9.17) is 9.47 Å². The third kappa shape index (κ3) is 4.28. The van der Waals surface area contributed by atoms with E-state index in [1.165, 1.54) is 0 Å². The summed E-state index contributed by atoms with van der Waals surface area (Å²) in [6.45, 7) is 2.19. The van der Waals surface area contributed by atoms with Gasteiger partial charge in [0.2, 0.25) is 0 Å². The number of nitrogens with zero attached hydrogens (tertiary/aromatic N) is 2. The number of carbonyl (C=O) groups is 1. The zero-order valence-corrected chi connectivity index (χ0v) is 15.7. The number of carbonyl (C=O) groups excluding carboxylic acids is 1. The molecule has 6 heteroatoms. The minimum atomic E-state index is -0.221. The van der Waals surface area contributed by atoms with Gasteiger partial charge in [-0.05, 0) is 36.8 Å². The van der Waals surface area contributed by atoms with E-state index in [-0.39, 0.29) is 12.5 Å². The number of amides is 1. The summed E-state index contributed by atoms with van der Waals surface area (Å²) in [6, 6.07) is 13.4. The number of fused-ring (bicyclic) bond motifs is 1. The summed E-state index contributed by atoms with van der Waals surface area (Å²) in [5, 5.41) is 2.84. The summed E-state index contributed by atoms with van der Waals surface area (Å²) in [7, 11) is 3.51. The summed E-state index contributed by atoms with van der Waals surface area (Å²) in [5.41, 5.74) is 2.95. The fraction of sp³-hybridized carbons (Fsp3) is 0.238. The van der Waals surface area contributed by atoms with Crippen LogP contribution in [0, 0.1) is 0 Å². The van der Waals surface area contributed by atoms with Crippen LogP contribution in [0.4, 0.5) is 0 Å². The first-order valence-electron chi connectivity index (χ1n) is 8.73. The molecule has 1 aromatic heterocycles. The van der Waals surface area contributed by atoms with Crippen LogP contribution in [0.5, 0.6) is 11.5 Å². The number of methoxy groups -OCH3 is 1. The number of aromatic nitrogens is 2. The third-order valence-corrected chi connectivity index (χ3v) is 4.23. The smallest absolute Gasteiger partial charge is 0.258 e. The Balaban J connectivity index is 1.59. The topological polar surface area (TPSA) is 65.4 Å². The molecule has 1 N–H and O–H groups in total. The first-order chi connectivity index (χ1) is 13.1. The summed E-state index contributed by atoms with van der Waals surface area (Å²) >= 11 is 0. The molecule has 0 unspecified atom stereocenters. The van der Waals surface area contributed by atoms with Gasteiger partial charge in [0.1, 0.15) is 5.82 Å². The molecule has 0 atom stereocenters. The Morgan fingerprint density at radius 3 is 2.78 bits per heavy atom. The largest absolute Gasteiger partial charge is 0.493 e. The van der Waals surface area contributed by atoms with Gasteiger partial charge in [0.05, 0.1) is 24.7 Å².